The van der Waals surface area contributed by atoms with Gasteiger partial charge in [-0.05, 0) is 103 Å². The van der Waals surface area contributed by atoms with Crippen LogP contribution in [0.1, 0.15) is 271 Å². The first-order chi connectivity index (χ1) is 33.5. The average Bonchev–Trinajstić information content (AvgIpc) is 3.34. The first-order valence-electron chi connectivity index (χ1n) is 28.6. The minimum Gasteiger partial charge on any atom is -0.462 e. The van der Waals surface area contributed by atoms with Gasteiger partial charge < -0.3 is 14.2 Å². The highest BCUT2D eigenvalue weighted by Crippen LogP contribution is 2.15. The first-order valence-corrected chi connectivity index (χ1v) is 28.6. The predicted molar refractivity (Wildman–Crippen MR) is 293 cm³/mol. The zero-order valence-corrected chi connectivity index (χ0v) is 44.6. The molecule has 0 aromatic carbocycles. The summed E-state index contributed by atoms with van der Waals surface area (Å²) >= 11 is 0. The number of allylic oxidation sites excluding steroid dienone is 14. The molecule has 0 heterocycles. The number of hydrogen-bond donors (Lipinski definition) is 0. The quantitative estimate of drug-likeness (QED) is 0.0199. The van der Waals surface area contributed by atoms with E-state index in [4.69, 9.17) is 14.2 Å². The van der Waals surface area contributed by atoms with Crippen LogP contribution in [0.25, 0.3) is 0 Å². The van der Waals surface area contributed by atoms with E-state index in [1.807, 2.05) is 0 Å². The zero-order chi connectivity index (χ0) is 49.3. The van der Waals surface area contributed by atoms with Gasteiger partial charge in [0.2, 0.25) is 0 Å². The van der Waals surface area contributed by atoms with Gasteiger partial charge in [0.05, 0.1) is 0 Å². The van der Waals surface area contributed by atoms with Gasteiger partial charge in [-0.3, -0.25) is 14.4 Å². The fourth-order valence-electron chi connectivity index (χ4n) is 7.83. The summed E-state index contributed by atoms with van der Waals surface area (Å²) in [5.41, 5.74) is 0. The Hall–Kier alpha value is -3.41. The van der Waals surface area contributed by atoms with Gasteiger partial charge in [-0.15, -0.1) is 0 Å². The molecule has 1 atom stereocenters. The summed E-state index contributed by atoms with van der Waals surface area (Å²) in [6.07, 6.45) is 72.7. The Kier molecular flexibility index (Phi) is 53.4. The van der Waals surface area contributed by atoms with E-state index >= 15 is 0 Å². The Morgan fingerprint density at radius 1 is 0.309 bits per heavy atom. The zero-order valence-electron chi connectivity index (χ0n) is 44.6. The van der Waals surface area contributed by atoms with Gasteiger partial charge in [0.1, 0.15) is 13.2 Å². The highest BCUT2D eigenvalue weighted by molar-refractivity contribution is 5.71. The third kappa shape index (κ3) is 53.5. The summed E-state index contributed by atoms with van der Waals surface area (Å²) in [5.74, 6) is -0.920. The van der Waals surface area contributed by atoms with E-state index in [9.17, 15) is 14.4 Å². The van der Waals surface area contributed by atoms with Crippen molar-refractivity contribution >= 4 is 17.9 Å². The molecule has 0 aliphatic carbocycles. The van der Waals surface area contributed by atoms with E-state index in [0.29, 0.717) is 19.3 Å². The maximum Gasteiger partial charge on any atom is 0.306 e. The maximum atomic E-state index is 12.9. The van der Waals surface area contributed by atoms with Crippen molar-refractivity contribution in [3.05, 3.63) is 85.1 Å². The van der Waals surface area contributed by atoms with Crippen LogP contribution in [-0.2, 0) is 28.6 Å². The van der Waals surface area contributed by atoms with Crippen molar-refractivity contribution in [1.29, 1.82) is 0 Å². The van der Waals surface area contributed by atoms with Crippen LogP contribution in [0, 0.1) is 0 Å². The maximum absolute atomic E-state index is 12.9. The highest BCUT2D eigenvalue weighted by atomic mass is 16.6. The molecule has 0 saturated heterocycles. The van der Waals surface area contributed by atoms with Crippen molar-refractivity contribution in [2.45, 2.75) is 277 Å². The molecule has 0 rings (SSSR count). The van der Waals surface area contributed by atoms with E-state index in [2.05, 4.69) is 106 Å². The SMILES string of the molecule is CCCCC\C=C/C=C\C=C/C=C\CCCCCCCC(=O)OCC(COC(=O)CCCCCCCCC/C=C\CCCCCC)OC(=O)CCCCCCCCC/C=C\C/C=C\CCCCC. The largest absolute Gasteiger partial charge is 0.462 e. The Balaban J connectivity index is 4.46. The Morgan fingerprint density at radius 2 is 0.588 bits per heavy atom. The molecule has 0 N–H and O–H groups in total. The van der Waals surface area contributed by atoms with Crippen molar-refractivity contribution in [2.75, 3.05) is 13.2 Å². The standard InChI is InChI=1S/C62H106O6/c1-4-7-10-13-16-19-22-25-28-30-32-34-37-40-43-46-49-52-55-61(64)67-58-59(57-66-60(63)54-51-48-45-42-39-36-33-27-24-21-18-15-12-9-6-3)68-62(65)56-53-50-47-44-41-38-35-31-29-26-23-20-17-14-11-8-5-2/h16-17,19-22,24-26,28-30,32,34,59H,4-15,18,23,27,31,33,35-58H2,1-3H3/b19-16-,20-17-,24-21-,25-22-,29-26-,30-28-,34-32-. The molecular formula is C62H106O6. The molecule has 0 spiro atoms. The number of esters is 3. The van der Waals surface area contributed by atoms with E-state index in [1.165, 1.54) is 135 Å². The predicted octanol–water partition coefficient (Wildman–Crippen LogP) is 19.2. The number of rotatable bonds is 51. The fraction of sp³-hybridized carbons (Fsp3) is 0.726. The van der Waals surface area contributed by atoms with Crippen molar-refractivity contribution in [1.82, 2.24) is 0 Å². The van der Waals surface area contributed by atoms with Crippen molar-refractivity contribution in [3.8, 4) is 0 Å². The molecular weight excluding hydrogens is 841 g/mol. The topological polar surface area (TPSA) is 78.9 Å². The third-order valence-electron chi connectivity index (χ3n) is 12.2. The summed E-state index contributed by atoms with van der Waals surface area (Å²) in [6, 6.07) is 0. The van der Waals surface area contributed by atoms with Gasteiger partial charge in [-0.2, -0.15) is 0 Å². The summed E-state index contributed by atoms with van der Waals surface area (Å²) in [5, 5.41) is 0. The lowest BCUT2D eigenvalue weighted by Gasteiger charge is -2.18. The molecule has 0 aromatic rings. The minimum atomic E-state index is -0.793. The average molecular weight is 948 g/mol. The van der Waals surface area contributed by atoms with E-state index < -0.39 is 6.10 Å². The minimum absolute atomic E-state index is 0.0898. The van der Waals surface area contributed by atoms with Crippen molar-refractivity contribution in [2.24, 2.45) is 0 Å². The van der Waals surface area contributed by atoms with E-state index in [1.54, 1.807) is 0 Å². The molecule has 6 heteroatoms. The summed E-state index contributed by atoms with van der Waals surface area (Å²) < 4.78 is 16.8. The summed E-state index contributed by atoms with van der Waals surface area (Å²) in [4.78, 5) is 38.2. The van der Waals surface area contributed by atoms with Crippen LogP contribution in [0.4, 0.5) is 0 Å². The normalized spacial score (nSPS) is 12.7. The molecule has 0 radical (unpaired) electrons. The van der Waals surface area contributed by atoms with E-state index in [-0.39, 0.29) is 31.1 Å². The van der Waals surface area contributed by atoms with Gasteiger partial charge in [-0.25, -0.2) is 0 Å². The Morgan fingerprint density at radius 3 is 0.985 bits per heavy atom. The van der Waals surface area contributed by atoms with Crippen LogP contribution in [0.5, 0.6) is 0 Å². The number of carbonyl (C=O) groups is 3. The van der Waals surface area contributed by atoms with Gasteiger partial charge in [0.15, 0.2) is 6.10 Å². The van der Waals surface area contributed by atoms with Crippen LogP contribution in [0.3, 0.4) is 0 Å². The molecule has 68 heavy (non-hydrogen) atoms. The molecule has 1 unspecified atom stereocenters. The lowest BCUT2D eigenvalue weighted by Crippen LogP contribution is -2.30. The molecule has 0 aromatic heterocycles. The molecule has 0 bridgehead atoms. The number of carbonyl (C=O) groups excluding carboxylic acids is 3. The van der Waals surface area contributed by atoms with E-state index in [0.717, 1.165) is 96.3 Å². The second-order valence-electron chi connectivity index (χ2n) is 18.9. The number of ether oxygens (including phenoxy) is 3. The smallest absolute Gasteiger partial charge is 0.306 e. The Bertz CT molecular complexity index is 1320. The molecule has 0 fully saturated rings. The molecule has 390 valence electrons. The van der Waals surface area contributed by atoms with Crippen molar-refractivity contribution < 1.29 is 28.6 Å². The van der Waals surface area contributed by atoms with Crippen molar-refractivity contribution in [3.63, 3.8) is 0 Å². The third-order valence-corrected chi connectivity index (χ3v) is 12.2. The van der Waals surface area contributed by atoms with Gasteiger partial charge >= 0.3 is 17.9 Å². The highest BCUT2D eigenvalue weighted by Gasteiger charge is 2.19. The number of unbranched alkanes of at least 4 members (excludes halogenated alkanes) is 29. The van der Waals surface area contributed by atoms with Crippen LogP contribution < -0.4 is 0 Å². The molecule has 0 aliphatic heterocycles. The summed E-state index contributed by atoms with van der Waals surface area (Å²) in [7, 11) is 0. The molecule has 0 aliphatic rings. The van der Waals surface area contributed by atoms with Crippen LogP contribution in [0.2, 0.25) is 0 Å². The Labute approximate surface area is 420 Å². The van der Waals surface area contributed by atoms with Gasteiger partial charge in [0.25, 0.3) is 0 Å². The van der Waals surface area contributed by atoms with Crippen LogP contribution in [-0.4, -0.2) is 37.2 Å². The van der Waals surface area contributed by atoms with Crippen LogP contribution in [0.15, 0.2) is 85.1 Å². The molecule has 0 amide bonds. The monoisotopic (exact) mass is 947 g/mol. The molecule has 0 saturated carbocycles. The number of hydrogen-bond acceptors (Lipinski definition) is 6. The van der Waals surface area contributed by atoms with Crippen LogP contribution >= 0.6 is 0 Å². The first kappa shape index (κ1) is 64.6. The second kappa shape index (κ2) is 56.2. The lowest BCUT2D eigenvalue weighted by atomic mass is 10.1. The second-order valence-corrected chi connectivity index (χ2v) is 18.9. The van der Waals surface area contributed by atoms with Gasteiger partial charge in [0, 0.05) is 19.3 Å². The fourth-order valence-corrected chi connectivity index (χ4v) is 7.83. The molecule has 6 nitrogen and oxygen atoms in total. The summed E-state index contributed by atoms with van der Waals surface area (Å²) in [6.45, 7) is 6.55. The lowest BCUT2D eigenvalue weighted by molar-refractivity contribution is -0.167. The van der Waals surface area contributed by atoms with Gasteiger partial charge in [-0.1, -0.05) is 234 Å².